The number of rotatable bonds is 4. The van der Waals surface area contributed by atoms with Gasteiger partial charge in [-0.2, -0.15) is 0 Å². The molecule has 0 heterocycles. The Labute approximate surface area is 130 Å². The molecule has 1 amide bonds. The Hall–Kier alpha value is -1.78. The third-order valence-corrected chi connectivity index (χ3v) is 3.23. The number of halogens is 2. The first-order chi connectivity index (χ1) is 9.54. The zero-order valence-electron chi connectivity index (χ0n) is 10.3. The van der Waals surface area contributed by atoms with Crippen LogP contribution in [0.4, 0.5) is 0 Å². The van der Waals surface area contributed by atoms with Crippen LogP contribution in [0, 0.1) is 0 Å². The van der Waals surface area contributed by atoms with Gasteiger partial charge in [-0.3, -0.25) is 4.79 Å². The smallest absolute Gasteiger partial charge is 0.284 e. The molecule has 2 aromatic rings. The predicted octanol–water partition coefficient (Wildman–Crippen LogP) is 4.01. The first-order valence-electron chi connectivity index (χ1n) is 5.75. The van der Waals surface area contributed by atoms with Gasteiger partial charge in [0.2, 0.25) is 0 Å². The summed E-state index contributed by atoms with van der Waals surface area (Å²) in [5.74, 6) is -0.0749. The molecular formula is C15H11BrClNO2. The number of hydrogen-bond acceptors (Lipinski definition) is 2. The molecule has 0 atom stereocenters. The van der Waals surface area contributed by atoms with Gasteiger partial charge in [0.15, 0.2) is 5.76 Å². The number of hydrogen-bond donors (Lipinski definition) is 1. The molecule has 0 fully saturated rings. The molecule has 0 aliphatic heterocycles. The standard InChI is InChI=1S/C15H11BrClNO2/c16-11-3-1-10(2-4-11)9-14(15(18)19)20-13-7-5-12(17)6-8-13/h1-9H,(H2,18,19)/b14-9-. The van der Waals surface area contributed by atoms with Crippen molar-refractivity contribution in [2.75, 3.05) is 0 Å². The Morgan fingerprint density at radius 3 is 2.25 bits per heavy atom. The van der Waals surface area contributed by atoms with E-state index in [0.29, 0.717) is 10.8 Å². The Kier molecular flexibility index (Phi) is 4.82. The van der Waals surface area contributed by atoms with Gasteiger partial charge >= 0.3 is 0 Å². The van der Waals surface area contributed by atoms with Crippen LogP contribution in [0.1, 0.15) is 5.56 Å². The van der Waals surface area contributed by atoms with Crippen molar-refractivity contribution < 1.29 is 9.53 Å². The lowest BCUT2D eigenvalue weighted by Gasteiger charge is -2.07. The Morgan fingerprint density at radius 2 is 1.70 bits per heavy atom. The first kappa shape index (κ1) is 14.6. The van der Waals surface area contributed by atoms with E-state index in [1.54, 1.807) is 30.3 Å². The zero-order chi connectivity index (χ0) is 14.5. The lowest BCUT2D eigenvalue weighted by molar-refractivity contribution is -0.116. The maximum Gasteiger partial charge on any atom is 0.284 e. The monoisotopic (exact) mass is 351 g/mol. The highest BCUT2D eigenvalue weighted by atomic mass is 79.9. The largest absolute Gasteiger partial charge is 0.452 e. The highest BCUT2D eigenvalue weighted by molar-refractivity contribution is 9.10. The number of carbonyl (C=O) groups excluding carboxylic acids is 1. The first-order valence-corrected chi connectivity index (χ1v) is 6.92. The minimum absolute atomic E-state index is 0.0645. The van der Waals surface area contributed by atoms with Crippen molar-refractivity contribution in [3.05, 3.63) is 69.3 Å². The summed E-state index contributed by atoms with van der Waals surface area (Å²) in [5.41, 5.74) is 6.14. The van der Waals surface area contributed by atoms with Crippen molar-refractivity contribution in [1.29, 1.82) is 0 Å². The maximum absolute atomic E-state index is 11.4. The molecule has 0 spiro atoms. The number of primary amides is 1. The summed E-state index contributed by atoms with van der Waals surface area (Å²) < 4.78 is 6.43. The summed E-state index contributed by atoms with van der Waals surface area (Å²) in [6.45, 7) is 0. The van der Waals surface area contributed by atoms with E-state index in [9.17, 15) is 4.79 Å². The fraction of sp³-hybridized carbons (Fsp3) is 0. The second-order valence-corrected chi connectivity index (χ2v) is 5.33. The Bertz CT molecular complexity index is 636. The van der Waals surface area contributed by atoms with Gasteiger partial charge in [-0.25, -0.2) is 0 Å². The van der Waals surface area contributed by atoms with Crippen LogP contribution in [0.2, 0.25) is 5.02 Å². The summed E-state index contributed by atoms with van der Waals surface area (Å²) in [6, 6.07) is 14.1. The fourth-order valence-electron chi connectivity index (χ4n) is 1.49. The van der Waals surface area contributed by atoms with Crippen LogP contribution >= 0.6 is 27.5 Å². The lowest BCUT2D eigenvalue weighted by Crippen LogP contribution is -2.18. The number of nitrogens with two attached hydrogens (primary N) is 1. The number of amides is 1. The molecule has 2 rings (SSSR count). The average Bonchev–Trinajstić information content (AvgIpc) is 2.42. The molecule has 0 aliphatic carbocycles. The van der Waals surface area contributed by atoms with Gasteiger partial charge in [0.05, 0.1) is 0 Å². The lowest BCUT2D eigenvalue weighted by atomic mass is 10.2. The van der Waals surface area contributed by atoms with Gasteiger partial charge in [0.25, 0.3) is 5.91 Å². The van der Waals surface area contributed by atoms with Crippen molar-refractivity contribution in [3.8, 4) is 5.75 Å². The normalized spacial score (nSPS) is 11.2. The van der Waals surface area contributed by atoms with Gasteiger partial charge in [0, 0.05) is 9.50 Å². The Morgan fingerprint density at radius 1 is 1.10 bits per heavy atom. The summed E-state index contributed by atoms with van der Waals surface area (Å²) in [5, 5.41) is 0.592. The number of benzene rings is 2. The van der Waals surface area contributed by atoms with Crippen molar-refractivity contribution in [1.82, 2.24) is 0 Å². The van der Waals surface area contributed by atoms with E-state index in [1.807, 2.05) is 24.3 Å². The highest BCUT2D eigenvalue weighted by Crippen LogP contribution is 2.19. The molecule has 102 valence electrons. The van der Waals surface area contributed by atoms with Crippen molar-refractivity contribution >= 4 is 39.5 Å². The minimum Gasteiger partial charge on any atom is -0.452 e. The molecule has 20 heavy (non-hydrogen) atoms. The summed E-state index contributed by atoms with van der Waals surface area (Å²) >= 11 is 9.13. The van der Waals surface area contributed by atoms with Gasteiger partial charge in [0.1, 0.15) is 5.75 Å². The second-order valence-electron chi connectivity index (χ2n) is 3.98. The van der Waals surface area contributed by atoms with Crippen LogP contribution in [-0.4, -0.2) is 5.91 Å². The van der Waals surface area contributed by atoms with E-state index < -0.39 is 5.91 Å². The van der Waals surface area contributed by atoms with E-state index in [-0.39, 0.29) is 5.76 Å². The van der Waals surface area contributed by atoms with Crippen LogP contribution in [0.15, 0.2) is 58.8 Å². The van der Waals surface area contributed by atoms with Gasteiger partial charge in [-0.05, 0) is 48.0 Å². The molecule has 0 unspecified atom stereocenters. The van der Waals surface area contributed by atoms with Gasteiger partial charge in [-0.1, -0.05) is 39.7 Å². The second kappa shape index (κ2) is 6.59. The molecule has 3 nitrogen and oxygen atoms in total. The quantitative estimate of drug-likeness (QED) is 0.668. The van der Waals surface area contributed by atoms with Crippen molar-refractivity contribution in [2.24, 2.45) is 5.73 Å². The molecule has 0 saturated carbocycles. The molecule has 2 N–H and O–H groups in total. The van der Waals surface area contributed by atoms with E-state index in [4.69, 9.17) is 22.1 Å². The molecule has 0 saturated heterocycles. The molecule has 5 heteroatoms. The van der Waals surface area contributed by atoms with E-state index >= 15 is 0 Å². The third kappa shape index (κ3) is 4.11. The van der Waals surface area contributed by atoms with E-state index in [1.165, 1.54) is 0 Å². The number of carbonyl (C=O) groups is 1. The van der Waals surface area contributed by atoms with Crippen LogP contribution < -0.4 is 10.5 Å². The Balaban J connectivity index is 2.25. The van der Waals surface area contributed by atoms with Gasteiger partial charge in [-0.15, -0.1) is 0 Å². The zero-order valence-corrected chi connectivity index (χ0v) is 12.7. The summed E-state index contributed by atoms with van der Waals surface area (Å²) in [7, 11) is 0. The van der Waals surface area contributed by atoms with Crippen LogP contribution in [-0.2, 0) is 4.79 Å². The van der Waals surface area contributed by atoms with Crippen molar-refractivity contribution in [2.45, 2.75) is 0 Å². The predicted molar refractivity (Wildman–Crippen MR) is 83.4 cm³/mol. The maximum atomic E-state index is 11.4. The highest BCUT2D eigenvalue weighted by Gasteiger charge is 2.08. The van der Waals surface area contributed by atoms with Crippen LogP contribution in [0.5, 0.6) is 5.75 Å². The average molecular weight is 353 g/mol. The van der Waals surface area contributed by atoms with Gasteiger partial charge < -0.3 is 10.5 Å². The van der Waals surface area contributed by atoms with Crippen molar-refractivity contribution in [3.63, 3.8) is 0 Å². The topological polar surface area (TPSA) is 52.3 Å². The summed E-state index contributed by atoms with van der Waals surface area (Å²) in [4.78, 5) is 11.4. The SMILES string of the molecule is NC(=O)/C(=C/c1ccc(Br)cc1)Oc1ccc(Cl)cc1. The molecule has 0 radical (unpaired) electrons. The number of ether oxygens (including phenoxy) is 1. The molecule has 2 aromatic carbocycles. The van der Waals surface area contributed by atoms with Crippen LogP contribution in [0.3, 0.4) is 0 Å². The van der Waals surface area contributed by atoms with Crippen LogP contribution in [0.25, 0.3) is 6.08 Å². The molecule has 0 aliphatic rings. The molecular weight excluding hydrogens is 342 g/mol. The van der Waals surface area contributed by atoms with E-state index in [2.05, 4.69) is 15.9 Å². The fourth-order valence-corrected chi connectivity index (χ4v) is 1.88. The third-order valence-electron chi connectivity index (χ3n) is 2.45. The minimum atomic E-state index is -0.636. The molecule has 0 bridgehead atoms. The summed E-state index contributed by atoms with van der Waals surface area (Å²) in [6.07, 6.45) is 1.59. The molecule has 0 aromatic heterocycles. The van der Waals surface area contributed by atoms with E-state index in [0.717, 1.165) is 10.0 Å².